The molecule has 0 saturated heterocycles. The molecule has 1 unspecified atom stereocenters. The predicted octanol–water partition coefficient (Wildman–Crippen LogP) is 2.92. The highest BCUT2D eigenvalue weighted by molar-refractivity contribution is 4.45. The fraction of sp³-hybridized carbons (Fsp3) is 1.00. The number of hydrogen-bond acceptors (Lipinski definition) is 1. The fourth-order valence-corrected chi connectivity index (χ4v) is 1.86. The number of quaternary nitrogens is 1. The Balaban J connectivity index is 2.98. The smallest absolute Gasteiger partial charge is 0.0768 e. The van der Waals surface area contributed by atoms with Crippen molar-refractivity contribution in [3.8, 4) is 0 Å². The molecule has 0 aromatic heterocycles. The van der Waals surface area contributed by atoms with E-state index in [9.17, 15) is 5.21 Å². The van der Waals surface area contributed by atoms with Gasteiger partial charge in [-0.25, -0.2) is 0 Å². The zero-order valence-electron chi connectivity index (χ0n) is 10.7. The van der Waals surface area contributed by atoms with Gasteiger partial charge in [0.15, 0.2) is 0 Å². The van der Waals surface area contributed by atoms with Gasteiger partial charge in [0.25, 0.3) is 0 Å². The van der Waals surface area contributed by atoms with E-state index in [1.807, 2.05) is 0 Å². The summed E-state index contributed by atoms with van der Waals surface area (Å²) in [7, 11) is 0. The van der Waals surface area contributed by atoms with Crippen molar-refractivity contribution in [1.29, 1.82) is 0 Å². The first-order chi connectivity index (χ1) is 7.31. The molecule has 2 nitrogen and oxygen atoms in total. The van der Waals surface area contributed by atoms with Gasteiger partial charge in [0, 0.05) is 0 Å². The second-order valence-electron chi connectivity index (χ2n) is 4.51. The Kier molecular flexibility index (Phi) is 11.9. The Labute approximate surface area is 95.6 Å². The summed E-state index contributed by atoms with van der Waals surface area (Å²) in [6, 6.07) is 0. The van der Waals surface area contributed by atoms with Crippen molar-refractivity contribution in [3.05, 3.63) is 5.21 Å². The average Bonchev–Trinajstić information content (AvgIpc) is 2.22. The van der Waals surface area contributed by atoms with Gasteiger partial charge in [-0.15, -0.1) is 0 Å². The summed E-state index contributed by atoms with van der Waals surface area (Å²) in [5, 5.41) is 11.7. The number of unbranched alkanes of at least 4 members (excludes halogenated alkanes) is 7. The van der Waals surface area contributed by atoms with Crippen molar-refractivity contribution in [1.82, 2.24) is 0 Å². The summed E-state index contributed by atoms with van der Waals surface area (Å²) >= 11 is 0. The van der Waals surface area contributed by atoms with Crippen LogP contribution in [0.15, 0.2) is 0 Å². The van der Waals surface area contributed by atoms with Gasteiger partial charge in [-0.2, -0.15) is 0 Å². The van der Waals surface area contributed by atoms with Crippen LogP contribution in [0.2, 0.25) is 0 Å². The molecule has 0 aromatic carbocycles. The van der Waals surface area contributed by atoms with Crippen LogP contribution < -0.4 is 5.06 Å². The van der Waals surface area contributed by atoms with E-state index in [0.717, 1.165) is 25.9 Å². The highest BCUT2D eigenvalue weighted by Crippen LogP contribution is 2.07. The van der Waals surface area contributed by atoms with Gasteiger partial charge >= 0.3 is 0 Å². The lowest BCUT2D eigenvalue weighted by Crippen LogP contribution is -3.07. The summed E-state index contributed by atoms with van der Waals surface area (Å²) in [5.74, 6) is 0. The first-order valence-electron chi connectivity index (χ1n) is 6.83. The molecule has 0 rings (SSSR count). The van der Waals surface area contributed by atoms with Gasteiger partial charge in [0.05, 0.1) is 13.1 Å². The normalized spacial score (nSPS) is 13.0. The molecule has 0 spiro atoms. The van der Waals surface area contributed by atoms with Crippen LogP contribution >= 0.6 is 0 Å². The summed E-state index contributed by atoms with van der Waals surface area (Å²) in [4.78, 5) is 0. The van der Waals surface area contributed by atoms with Crippen molar-refractivity contribution < 1.29 is 5.06 Å². The zero-order chi connectivity index (χ0) is 11.4. The van der Waals surface area contributed by atoms with Gasteiger partial charge in [0.2, 0.25) is 0 Å². The van der Waals surface area contributed by atoms with Gasteiger partial charge < -0.3 is 10.3 Å². The summed E-state index contributed by atoms with van der Waals surface area (Å²) in [6.07, 6.45) is 11.6. The molecule has 0 heterocycles. The lowest BCUT2D eigenvalue weighted by atomic mass is 10.1. The highest BCUT2D eigenvalue weighted by Gasteiger charge is 1.96. The van der Waals surface area contributed by atoms with Crippen LogP contribution in [0.3, 0.4) is 0 Å². The van der Waals surface area contributed by atoms with Gasteiger partial charge in [-0.1, -0.05) is 52.4 Å². The summed E-state index contributed by atoms with van der Waals surface area (Å²) in [6.45, 7) is 5.93. The Morgan fingerprint density at radius 3 is 1.73 bits per heavy atom. The standard InChI is InChI=1S/C13H29NO/c1-3-5-6-7-8-9-10-11-13-14(15)12-4-2/h14H,3-13H2,1-2H3. The van der Waals surface area contributed by atoms with Crippen LogP contribution in [0.5, 0.6) is 0 Å². The molecule has 0 aliphatic carbocycles. The number of nitrogens with one attached hydrogen (secondary N) is 1. The SMILES string of the molecule is CCCCCCCCCC[NH+]([O-])CCC. The lowest BCUT2D eigenvalue weighted by Gasteiger charge is -2.21. The number of rotatable bonds is 11. The minimum absolute atomic E-state index is 0.462. The van der Waals surface area contributed by atoms with Gasteiger partial charge in [-0.3, -0.25) is 0 Å². The molecule has 1 atom stereocenters. The molecule has 0 aromatic rings. The third-order valence-electron chi connectivity index (χ3n) is 2.84. The van der Waals surface area contributed by atoms with Crippen molar-refractivity contribution in [3.63, 3.8) is 0 Å². The van der Waals surface area contributed by atoms with Crippen LogP contribution in [0.1, 0.15) is 71.6 Å². The Morgan fingerprint density at radius 2 is 1.20 bits per heavy atom. The van der Waals surface area contributed by atoms with Crippen molar-refractivity contribution in [2.45, 2.75) is 71.6 Å². The van der Waals surface area contributed by atoms with Crippen molar-refractivity contribution in [2.75, 3.05) is 13.1 Å². The third kappa shape index (κ3) is 11.8. The molecule has 0 bridgehead atoms. The molecule has 0 aliphatic heterocycles. The molecule has 0 aliphatic rings. The van der Waals surface area contributed by atoms with E-state index in [1.165, 1.54) is 44.9 Å². The molecule has 0 radical (unpaired) electrons. The van der Waals surface area contributed by atoms with E-state index in [-0.39, 0.29) is 0 Å². The molecule has 0 fully saturated rings. The molecule has 1 N–H and O–H groups in total. The second-order valence-corrected chi connectivity index (χ2v) is 4.51. The number of hydroxylamine groups is 2. The first-order valence-corrected chi connectivity index (χ1v) is 6.83. The monoisotopic (exact) mass is 215 g/mol. The van der Waals surface area contributed by atoms with E-state index >= 15 is 0 Å². The Morgan fingerprint density at radius 1 is 0.667 bits per heavy atom. The zero-order valence-corrected chi connectivity index (χ0v) is 10.7. The molecule has 15 heavy (non-hydrogen) atoms. The quantitative estimate of drug-likeness (QED) is 0.416. The first kappa shape index (κ1) is 14.9. The van der Waals surface area contributed by atoms with Crippen LogP contribution in [-0.2, 0) is 0 Å². The third-order valence-corrected chi connectivity index (χ3v) is 2.84. The molecule has 0 saturated carbocycles. The topological polar surface area (TPSA) is 27.5 Å². The van der Waals surface area contributed by atoms with E-state index in [1.54, 1.807) is 0 Å². The number of hydrogen-bond donors (Lipinski definition) is 1. The van der Waals surface area contributed by atoms with Crippen molar-refractivity contribution >= 4 is 0 Å². The molecular formula is C13H29NO. The highest BCUT2D eigenvalue weighted by atomic mass is 16.5. The van der Waals surface area contributed by atoms with Gasteiger partial charge in [0.1, 0.15) is 0 Å². The molecule has 92 valence electrons. The summed E-state index contributed by atoms with van der Waals surface area (Å²) in [5.41, 5.74) is 0. The largest absolute Gasteiger partial charge is 0.634 e. The lowest BCUT2D eigenvalue weighted by molar-refractivity contribution is -0.848. The van der Waals surface area contributed by atoms with Crippen LogP contribution in [0, 0.1) is 5.21 Å². The minimum Gasteiger partial charge on any atom is -0.634 e. The predicted molar refractivity (Wildman–Crippen MR) is 67.0 cm³/mol. The van der Waals surface area contributed by atoms with E-state index in [0.29, 0.717) is 5.06 Å². The van der Waals surface area contributed by atoms with E-state index < -0.39 is 0 Å². The fourth-order valence-electron chi connectivity index (χ4n) is 1.86. The van der Waals surface area contributed by atoms with Gasteiger partial charge in [-0.05, 0) is 19.3 Å². The summed E-state index contributed by atoms with van der Waals surface area (Å²) < 4.78 is 0. The minimum atomic E-state index is 0.462. The van der Waals surface area contributed by atoms with Crippen LogP contribution in [-0.4, -0.2) is 13.1 Å². The second kappa shape index (κ2) is 12.0. The average molecular weight is 215 g/mol. The van der Waals surface area contributed by atoms with Crippen LogP contribution in [0.25, 0.3) is 0 Å². The maximum Gasteiger partial charge on any atom is 0.0768 e. The Bertz CT molecular complexity index is 117. The molecule has 2 heteroatoms. The van der Waals surface area contributed by atoms with Crippen LogP contribution in [0.4, 0.5) is 0 Å². The Hall–Kier alpha value is -0.0800. The van der Waals surface area contributed by atoms with E-state index in [4.69, 9.17) is 0 Å². The van der Waals surface area contributed by atoms with Crippen molar-refractivity contribution in [2.24, 2.45) is 0 Å². The van der Waals surface area contributed by atoms with E-state index in [2.05, 4.69) is 13.8 Å². The maximum absolute atomic E-state index is 11.2. The molecule has 0 amide bonds. The maximum atomic E-state index is 11.2. The molecular weight excluding hydrogens is 186 g/mol.